The summed E-state index contributed by atoms with van der Waals surface area (Å²) in [5.74, 6) is 0.497. The molecule has 3 rings (SSSR count). The van der Waals surface area contributed by atoms with E-state index in [4.69, 9.17) is 18.4 Å². The van der Waals surface area contributed by atoms with Gasteiger partial charge in [-0.25, -0.2) is 4.79 Å². The predicted octanol–water partition coefficient (Wildman–Crippen LogP) is 2.42. The van der Waals surface area contributed by atoms with Crippen LogP contribution >= 0.6 is 0 Å². The normalized spacial score (nSPS) is 13.2. The molecule has 0 atom stereocenters. The lowest BCUT2D eigenvalue weighted by atomic mass is 10.2. The van der Waals surface area contributed by atoms with Crippen LogP contribution in [0.15, 0.2) is 47.4 Å². The molecule has 28 heavy (non-hydrogen) atoms. The Labute approximate surface area is 162 Å². The van der Waals surface area contributed by atoms with Gasteiger partial charge in [0.05, 0.1) is 14.2 Å². The van der Waals surface area contributed by atoms with E-state index in [2.05, 4.69) is 4.74 Å². The number of hydrogen-bond acceptors (Lipinski definition) is 8. The molecule has 1 aliphatic heterocycles. The van der Waals surface area contributed by atoms with Crippen LogP contribution in [0.4, 0.5) is 0 Å². The molecule has 8 nitrogen and oxygen atoms in total. The number of benzene rings is 2. The quantitative estimate of drug-likeness (QED) is 0.410. The Morgan fingerprint density at radius 3 is 2.46 bits per heavy atom. The van der Waals surface area contributed by atoms with Gasteiger partial charge in [0.15, 0.2) is 23.0 Å². The Morgan fingerprint density at radius 2 is 1.75 bits per heavy atom. The van der Waals surface area contributed by atoms with Gasteiger partial charge in [-0.2, -0.15) is 8.42 Å². The van der Waals surface area contributed by atoms with Crippen LogP contribution in [-0.4, -0.2) is 41.8 Å². The molecular formula is C19H18O8S. The minimum atomic E-state index is -4.13. The van der Waals surface area contributed by atoms with Crippen molar-refractivity contribution in [2.24, 2.45) is 0 Å². The Morgan fingerprint density at radius 1 is 1.00 bits per heavy atom. The summed E-state index contributed by atoms with van der Waals surface area (Å²) in [5.41, 5.74) is 0.603. The number of ether oxygens (including phenoxy) is 4. The number of hydrogen-bond donors (Lipinski definition) is 0. The second kappa shape index (κ2) is 8.22. The Hall–Kier alpha value is -3.20. The molecule has 0 saturated heterocycles. The highest BCUT2D eigenvalue weighted by atomic mass is 32.2. The summed E-state index contributed by atoms with van der Waals surface area (Å²) < 4.78 is 51.1. The minimum Gasteiger partial charge on any atom is -0.493 e. The highest BCUT2D eigenvalue weighted by molar-refractivity contribution is 7.87. The van der Waals surface area contributed by atoms with Gasteiger partial charge < -0.3 is 23.1 Å². The lowest BCUT2D eigenvalue weighted by molar-refractivity contribution is -0.134. The molecule has 2 aromatic carbocycles. The molecule has 0 saturated carbocycles. The first-order valence-electron chi connectivity index (χ1n) is 8.21. The first-order chi connectivity index (χ1) is 13.4. The standard InChI is InChI=1S/C19H18O8S/c1-23-17-11-13(4-8-19(20)24-2)3-6-16(17)27-28(21,22)14-5-7-15-18(12-14)26-10-9-25-15/h3-8,11-12H,9-10H2,1-2H3/b8-4+. The van der Waals surface area contributed by atoms with Gasteiger partial charge in [-0.1, -0.05) is 6.07 Å². The van der Waals surface area contributed by atoms with Gasteiger partial charge in [0.2, 0.25) is 0 Å². The first-order valence-corrected chi connectivity index (χ1v) is 9.62. The van der Waals surface area contributed by atoms with Gasteiger partial charge in [0.25, 0.3) is 0 Å². The van der Waals surface area contributed by atoms with Crippen LogP contribution in [-0.2, 0) is 19.6 Å². The van der Waals surface area contributed by atoms with Gasteiger partial charge in [-0.3, -0.25) is 0 Å². The molecule has 0 radical (unpaired) electrons. The fraction of sp³-hybridized carbons (Fsp3) is 0.211. The smallest absolute Gasteiger partial charge is 0.339 e. The van der Waals surface area contributed by atoms with E-state index in [0.717, 1.165) is 0 Å². The van der Waals surface area contributed by atoms with Crippen molar-refractivity contribution in [2.45, 2.75) is 4.90 Å². The van der Waals surface area contributed by atoms with Gasteiger partial charge in [-0.15, -0.1) is 0 Å². The number of esters is 1. The highest BCUT2D eigenvalue weighted by Gasteiger charge is 2.22. The molecule has 0 amide bonds. The lowest BCUT2D eigenvalue weighted by Gasteiger charge is -2.19. The maximum atomic E-state index is 12.6. The van der Waals surface area contributed by atoms with E-state index in [-0.39, 0.29) is 16.4 Å². The summed E-state index contributed by atoms with van der Waals surface area (Å²) in [7, 11) is -1.48. The predicted molar refractivity (Wildman–Crippen MR) is 99.3 cm³/mol. The largest absolute Gasteiger partial charge is 0.493 e. The van der Waals surface area contributed by atoms with Crippen molar-refractivity contribution in [1.29, 1.82) is 0 Å². The molecule has 2 aromatic rings. The number of methoxy groups -OCH3 is 2. The summed E-state index contributed by atoms with van der Waals surface area (Å²) in [6.45, 7) is 0.745. The summed E-state index contributed by atoms with van der Waals surface area (Å²) >= 11 is 0. The Kier molecular flexibility index (Phi) is 5.74. The van der Waals surface area contributed by atoms with Gasteiger partial charge in [0.1, 0.15) is 18.1 Å². The fourth-order valence-corrected chi connectivity index (χ4v) is 3.39. The molecule has 148 valence electrons. The average Bonchev–Trinajstić information content (AvgIpc) is 2.72. The van der Waals surface area contributed by atoms with E-state index >= 15 is 0 Å². The number of carbonyl (C=O) groups is 1. The molecule has 0 N–H and O–H groups in total. The van der Waals surface area contributed by atoms with E-state index in [1.165, 1.54) is 56.7 Å². The van der Waals surface area contributed by atoms with Crippen molar-refractivity contribution in [2.75, 3.05) is 27.4 Å². The SMILES string of the molecule is COC(=O)/C=C/c1ccc(OS(=O)(=O)c2ccc3c(c2)OCCO3)c(OC)c1. The zero-order valence-electron chi connectivity index (χ0n) is 15.2. The first kappa shape index (κ1) is 19.6. The van der Waals surface area contributed by atoms with Crippen LogP contribution in [0, 0.1) is 0 Å². The summed E-state index contributed by atoms with van der Waals surface area (Å²) in [4.78, 5) is 11.1. The third-order valence-corrected chi connectivity index (χ3v) is 5.03. The van der Waals surface area contributed by atoms with Gasteiger partial charge in [-0.05, 0) is 35.9 Å². The van der Waals surface area contributed by atoms with Gasteiger partial charge in [0, 0.05) is 12.1 Å². The summed E-state index contributed by atoms with van der Waals surface area (Å²) in [6, 6.07) is 8.80. The molecule has 1 heterocycles. The Balaban J connectivity index is 1.85. The third-order valence-electron chi connectivity index (χ3n) is 3.80. The fourth-order valence-electron chi connectivity index (χ4n) is 2.43. The van der Waals surface area contributed by atoms with E-state index < -0.39 is 16.1 Å². The van der Waals surface area contributed by atoms with E-state index in [0.29, 0.717) is 30.3 Å². The minimum absolute atomic E-state index is 0.00704. The maximum Gasteiger partial charge on any atom is 0.339 e. The number of carbonyl (C=O) groups excluding carboxylic acids is 1. The van der Waals surface area contributed by atoms with Gasteiger partial charge >= 0.3 is 16.1 Å². The molecule has 0 spiro atoms. The Bertz CT molecular complexity index is 1010. The van der Waals surface area contributed by atoms with Crippen LogP contribution in [0.5, 0.6) is 23.0 Å². The molecule has 0 aliphatic carbocycles. The molecule has 0 fully saturated rings. The van der Waals surface area contributed by atoms with Crippen LogP contribution in [0.1, 0.15) is 5.56 Å². The van der Waals surface area contributed by atoms with Crippen LogP contribution in [0.25, 0.3) is 6.08 Å². The molecular weight excluding hydrogens is 388 g/mol. The van der Waals surface area contributed by atoms with Crippen molar-refractivity contribution < 1.29 is 36.3 Å². The molecule has 0 bridgehead atoms. The zero-order chi connectivity index (χ0) is 20.1. The zero-order valence-corrected chi connectivity index (χ0v) is 16.0. The van der Waals surface area contributed by atoms with Crippen molar-refractivity contribution in [3.63, 3.8) is 0 Å². The molecule has 1 aliphatic rings. The van der Waals surface area contributed by atoms with E-state index in [1.807, 2.05) is 0 Å². The number of rotatable bonds is 6. The lowest BCUT2D eigenvalue weighted by Crippen LogP contribution is -2.16. The van der Waals surface area contributed by atoms with Crippen molar-refractivity contribution >= 4 is 22.2 Å². The summed E-state index contributed by atoms with van der Waals surface area (Å²) in [5, 5.41) is 0. The van der Waals surface area contributed by atoms with Crippen molar-refractivity contribution in [3.8, 4) is 23.0 Å². The van der Waals surface area contributed by atoms with E-state index in [9.17, 15) is 13.2 Å². The second-order valence-electron chi connectivity index (χ2n) is 5.61. The maximum absolute atomic E-state index is 12.6. The molecule has 0 aromatic heterocycles. The van der Waals surface area contributed by atoms with Crippen LogP contribution < -0.4 is 18.4 Å². The second-order valence-corrected chi connectivity index (χ2v) is 7.16. The summed E-state index contributed by atoms with van der Waals surface area (Å²) in [6.07, 6.45) is 2.74. The average molecular weight is 406 g/mol. The van der Waals surface area contributed by atoms with Crippen LogP contribution in [0.2, 0.25) is 0 Å². The number of fused-ring (bicyclic) bond motifs is 1. The van der Waals surface area contributed by atoms with E-state index in [1.54, 1.807) is 6.07 Å². The third kappa shape index (κ3) is 4.37. The topological polar surface area (TPSA) is 97.4 Å². The highest BCUT2D eigenvalue weighted by Crippen LogP contribution is 2.35. The molecule has 0 unspecified atom stereocenters. The van der Waals surface area contributed by atoms with Crippen molar-refractivity contribution in [3.05, 3.63) is 48.0 Å². The van der Waals surface area contributed by atoms with Crippen LogP contribution in [0.3, 0.4) is 0 Å². The molecule has 9 heteroatoms. The monoisotopic (exact) mass is 406 g/mol. The van der Waals surface area contributed by atoms with Crippen molar-refractivity contribution in [1.82, 2.24) is 0 Å².